The fourth-order valence-electron chi connectivity index (χ4n) is 3.33. The normalized spacial score (nSPS) is 10.6. The zero-order valence-corrected chi connectivity index (χ0v) is 21.0. The number of fused-ring (bicyclic) bond motifs is 1. The number of anilines is 1. The van der Waals surface area contributed by atoms with E-state index in [1.54, 1.807) is 55.9 Å². The van der Waals surface area contributed by atoms with E-state index in [9.17, 15) is 4.79 Å². The van der Waals surface area contributed by atoms with Crippen LogP contribution in [0.4, 0.5) is 5.13 Å². The van der Waals surface area contributed by atoms with E-state index in [0.29, 0.717) is 52.4 Å². The summed E-state index contributed by atoms with van der Waals surface area (Å²) in [4.78, 5) is 23.6. The van der Waals surface area contributed by atoms with Crippen molar-refractivity contribution in [3.8, 4) is 17.2 Å². The summed E-state index contributed by atoms with van der Waals surface area (Å²) in [6, 6.07) is 10.7. The van der Waals surface area contributed by atoms with Crippen molar-refractivity contribution in [1.82, 2.24) is 14.5 Å². The zero-order chi connectivity index (χ0) is 23.2. The van der Waals surface area contributed by atoms with Crippen LogP contribution in [0.2, 0.25) is 5.02 Å². The standard InChI is InChI=1S/C23H23ClN4O4S.ClH/c1-30-17-6-3-4-7-18(17)32-14-20(29)28(12-5-11-27-13-10-25-15-27)23-26-21-19(31-2)9-8-16(24)22(21)33-23;/h3-4,6-10,13,15H,5,11-12,14H2,1-2H3;1H. The summed E-state index contributed by atoms with van der Waals surface area (Å²) in [6.45, 7) is 1.00. The SMILES string of the molecule is COc1ccccc1OCC(=O)N(CCCn1ccnc1)c1nc2c(OC)ccc(Cl)c2s1.Cl. The van der Waals surface area contributed by atoms with Gasteiger partial charge in [0, 0.05) is 25.5 Å². The summed E-state index contributed by atoms with van der Waals surface area (Å²) in [5, 5.41) is 1.10. The molecule has 1 amide bonds. The minimum Gasteiger partial charge on any atom is -0.494 e. The number of thiazole rings is 1. The van der Waals surface area contributed by atoms with Gasteiger partial charge in [0.2, 0.25) is 0 Å². The first-order valence-electron chi connectivity index (χ1n) is 10.3. The van der Waals surface area contributed by atoms with Gasteiger partial charge in [0.05, 0.1) is 30.3 Å². The number of carbonyl (C=O) groups is 1. The van der Waals surface area contributed by atoms with E-state index in [-0.39, 0.29) is 24.9 Å². The maximum atomic E-state index is 13.3. The van der Waals surface area contributed by atoms with Gasteiger partial charge in [-0.2, -0.15) is 0 Å². The Kier molecular flexibility index (Phi) is 8.98. The maximum Gasteiger partial charge on any atom is 0.266 e. The summed E-state index contributed by atoms with van der Waals surface area (Å²) < 4.78 is 19.3. The Hall–Kier alpha value is -3.01. The molecule has 0 aliphatic rings. The summed E-state index contributed by atoms with van der Waals surface area (Å²) in [5.41, 5.74) is 0.628. The Bertz CT molecular complexity index is 1230. The molecule has 2 heterocycles. The van der Waals surface area contributed by atoms with E-state index in [0.717, 1.165) is 4.70 Å². The third kappa shape index (κ3) is 5.72. The van der Waals surface area contributed by atoms with Gasteiger partial charge in [-0.15, -0.1) is 12.4 Å². The van der Waals surface area contributed by atoms with Crippen molar-refractivity contribution in [1.29, 1.82) is 0 Å². The third-order valence-electron chi connectivity index (χ3n) is 4.98. The number of rotatable bonds is 10. The number of nitrogens with zero attached hydrogens (tertiary/aromatic N) is 4. The summed E-state index contributed by atoms with van der Waals surface area (Å²) in [5.74, 6) is 1.45. The molecular formula is C23H24Cl2N4O4S. The van der Waals surface area contributed by atoms with Gasteiger partial charge < -0.3 is 18.8 Å². The molecule has 4 rings (SSSR count). The van der Waals surface area contributed by atoms with Crippen LogP contribution in [0.5, 0.6) is 17.2 Å². The lowest BCUT2D eigenvalue weighted by Gasteiger charge is -2.20. The molecule has 0 spiro atoms. The molecule has 0 saturated heterocycles. The molecule has 0 N–H and O–H groups in total. The Morgan fingerprint density at radius 3 is 2.59 bits per heavy atom. The number of imidazole rings is 1. The number of aryl methyl sites for hydroxylation is 1. The Balaban J connectivity index is 0.00000324. The number of para-hydroxylation sites is 2. The van der Waals surface area contributed by atoms with E-state index in [2.05, 4.69) is 9.97 Å². The van der Waals surface area contributed by atoms with Gasteiger partial charge in [0.1, 0.15) is 11.3 Å². The third-order valence-corrected chi connectivity index (χ3v) is 6.52. The molecule has 0 saturated carbocycles. The fraction of sp³-hybridized carbons (Fsp3) is 0.261. The summed E-state index contributed by atoms with van der Waals surface area (Å²) in [7, 11) is 3.14. The van der Waals surface area contributed by atoms with Crippen molar-refractivity contribution in [2.75, 3.05) is 32.3 Å². The van der Waals surface area contributed by atoms with Crippen molar-refractivity contribution < 1.29 is 19.0 Å². The quantitative estimate of drug-likeness (QED) is 0.288. The molecule has 4 aromatic rings. The highest BCUT2D eigenvalue weighted by Crippen LogP contribution is 2.39. The molecule has 0 radical (unpaired) electrons. The Morgan fingerprint density at radius 1 is 1.12 bits per heavy atom. The summed E-state index contributed by atoms with van der Waals surface area (Å²) >= 11 is 7.74. The van der Waals surface area contributed by atoms with Crippen LogP contribution in [-0.4, -0.2) is 47.8 Å². The minimum atomic E-state index is -0.222. The van der Waals surface area contributed by atoms with Crippen molar-refractivity contribution in [3.63, 3.8) is 0 Å². The fourth-order valence-corrected chi connectivity index (χ4v) is 4.63. The lowest BCUT2D eigenvalue weighted by Crippen LogP contribution is -2.36. The number of aromatic nitrogens is 3. The number of halogens is 2. The molecule has 0 aliphatic heterocycles. The number of amides is 1. The minimum absolute atomic E-state index is 0. The number of ether oxygens (including phenoxy) is 3. The second-order valence-corrected chi connectivity index (χ2v) is 8.45. The largest absolute Gasteiger partial charge is 0.494 e. The maximum absolute atomic E-state index is 13.3. The number of hydrogen-bond acceptors (Lipinski definition) is 7. The van der Waals surface area contributed by atoms with Gasteiger partial charge in [-0.05, 0) is 30.7 Å². The molecule has 11 heteroatoms. The molecule has 2 aromatic carbocycles. The van der Waals surface area contributed by atoms with E-state index >= 15 is 0 Å². The lowest BCUT2D eigenvalue weighted by atomic mass is 10.3. The number of methoxy groups -OCH3 is 2. The second kappa shape index (κ2) is 11.9. The van der Waals surface area contributed by atoms with Crippen molar-refractivity contribution in [2.45, 2.75) is 13.0 Å². The molecule has 0 fully saturated rings. The number of hydrogen-bond donors (Lipinski definition) is 0. The molecule has 0 unspecified atom stereocenters. The molecular weight excluding hydrogens is 499 g/mol. The van der Waals surface area contributed by atoms with E-state index in [1.165, 1.54) is 11.3 Å². The molecule has 0 bridgehead atoms. The first-order chi connectivity index (χ1) is 16.1. The lowest BCUT2D eigenvalue weighted by molar-refractivity contribution is -0.120. The van der Waals surface area contributed by atoms with Crippen LogP contribution in [0.15, 0.2) is 55.1 Å². The Morgan fingerprint density at radius 2 is 1.88 bits per heavy atom. The highest BCUT2D eigenvalue weighted by Gasteiger charge is 2.22. The van der Waals surface area contributed by atoms with E-state index in [1.807, 2.05) is 22.9 Å². The van der Waals surface area contributed by atoms with Crippen molar-refractivity contribution in [2.24, 2.45) is 0 Å². The Labute approximate surface area is 212 Å². The smallest absolute Gasteiger partial charge is 0.266 e. The van der Waals surface area contributed by atoms with Crippen LogP contribution in [0.1, 0.15) is 6.42 Å². The van der Waals surface area contributed by atoms with E-state index in [4.69, 9.17) is 25.8 Å². The van der Waals surface area contributed by atoms with Gasteiger partial charge in [-0.25, -0.2) is 9.97 Å². The van der Waals surface area contributed by atoms with Crippen molar-refractivity contribution in [3.05, 3.63) is 60.1 Å². The average Bonchev–Trinajstić information content (AvgIpc) is 3.51. The predicted molar refractivity (Wildman–Crippen MR) is 136 cm³/mol. The van der Waals surface area contributed by atoms with Crippen LogP contribution < -0.4 is 19.1 Å². The van der Waals surface area contributed by atoms with Crippen LogP contribution >= 0.6 is 35.3 Å². The molecule has 0 aliphatic carbocycles. The predicted octanol–water partition coefficient (Wildman–Crippen LogP) is 5.09. The molecule has 8 nitrogen and oxygen atoms in total. The number of benzene rings is 2. The van der Waals surface area contributed by atoms with Gasteiger partial charge >= 0.3 is 0 Å². The first-order valence-corrected chi connectivity index (χ1v) is 11.4. The highest BCUT2D eigenvalue weighted by molar-refractivity contribution is 7.23. The van der Waals surface area contributed by atoms with Gasteiger partial charge in [-0.1, -0.05) is 35.1 Å². The molecule has 34 heavy (non-hydrogen) atoms. The topological polar surface area (TPSA) is 78.7 Å². The van der Waals surface area contributed by atoms with Crippen LogP contribution in [0.3, 0.4) is 0 Å². The van der Waals surface area contributed by atoms with Crippen LogP contribution in [0, 0.1) is 0 Å². The first kappa shape index (κ1) is 25.6. The summed E-state index contributed by atoms with van der Waals surface area (Å²) in [6.07, 6.45) is 6.07. The van der Waals surface area contributed by atoms with Crippen LogP contribution in [-0.2, 0) is 11.3 Å². The van der Waals surface area contributed by atoms with E-state index < -0.39 is 0 Å². The van der Waals surface area contributed by atoms with Crippen molar-refractivity contribution >= 4 is 56.6 Å². The molecule has 0 atom stereocenters. The zero-order valence-electron chi connectivity index (χ0n) is 18.6. The molecule has 180 valence electrons. The van der Waals surface area contributed by atoms with Crippen LogP contribution in [0.25, 0.3) is 10.2 Å². The highest BCUT2D eigenvalue weighted by atomic mass is 35.5. The number of carbonyl (C=O) groups excluding carboxylic acids is 1. The monoisotopic (exact) mass is 522 g/mol. The molecule has 2 aromatic heterocycles. The van der Waals surface area contributed by atoms with Gasteiger partial charge in [0.25, 0.3) is 5.91 Å². The van der Waals surface area contributed by atoms with Gasteiger partial charge in [-0.3, -0.25) is 9.69 Å². The second-order valence-electron chi connectivity index (χ2n) is 7.06. The van der Waals surface area contributed by atoms with Gasteiger partial charge in [0.15, 0.2) is 23.2 Å². The average molecular weight is 523 g/mol.